The molecule has 2 aromatic rings. The lowest BCUT2D eigenvalue weighted by Gasteiger charge is -2.34. The molecule has 3 heteroatoms. The van der Waals surface area contributed by atoms with Gasteiger partial charge >= 0.3 is 0 Å². The van der Waals surface area contributed by atoms with Gasteiger partial charge in [-0.2, -0.15) is 0 Å². The maximum absolute atomic E-state index is 12.5. The van der Waals surface area contributed by atoms with E-state index in [1.807, 2.05) is 43.3 Å². The molecule has 0 unspecified atom stereocenters. The molecular formula is C24H27ClO2. The summed E-state index contributed by atoms with van der Waals surface area (Å²) in [5.74, 6) is 0.179. The minimum atomic E-state index is -0.305. The van der Waals surface area contributed by atoms with Gasteiger partial charge in [0.15, 0.2) is 5.78 Å². The minimum Gasteiger partial charge on any atom is -0.511 e. The van der Waals surface area contributed by atoms with Crippen LogP contribution in [-0.2, 0) is 4.79 Å². The lowest BCUT2D eigenvalue weighted by molar-refractivity contribution is -0.112. The van der Waals surface area contributed by atoms with E-state index in [-0.39, 0.29) is 17.0 Å². The normalized spacial score (nSPS) is 17.3. The van der Waals surface area contributed by atoms with Crippen molar-refractivity contribution in [2.45, 2.75) is 52.9 Å². The Morgan fingerprint density at radius 1 is 1.00 bits per heavy atom. The molecule has 2 aromatic carbocycles. The number of hydrogen-bond acceptors (Lipinski definition) is 2. The van der Waals surface area contributed by atoms with Crippen molar-refractivity contribution in [1.82, 2.24) is 0 Å². The second kappa shape index (κ2) is 7.90. The Balaban J connectivity index is 2.05. The van der Waals surface area contributed by atoms with Crippen LogP contribution in [0, 0.1) is 12.3 Å². The highest BCUT2D eigenvalue weighted by Crippen LogP contribution is 2.44. The fraction of sp³-hybridized carbons (Fsp3) is 0.375. The quantitative estimate of drug-likeness (QED) is 0.450. The predicted octanol–water partition coefficient (Wildman–Crippen LogP) is 7.14. The van der Waals surface area contributed by atoms with Crippen LogP contribution < -0.4 is 0 Å². The number of hydrogen-bond donors (Lipinski definition) is 1. The summed E-state index contributed by atoms with van der Waals surface area (Å²) in [4.78, 5) is 12.5. The fourth-order valence-electron chi connectivity index (χ4n) is 4.12. The van der Waals surface area contributed by atoms with Gasteiger partial charge in [-0.25, -0.2) is 0 Å². The van der Waals surface area contributed by atoms with Crippen molar-refractivity contribution in [3.63, 3.8) is 0 Å². The molecule has 0 atom stereocenters. The number of benzene rings is 2. The van der Waals surface area contributed by atoms with E-state index in [2.05, 4.69) is 13.0 Å². The van der Waals surface area contributed by atoms with Crippen molar-refractivity contribution in [2.24, 2.45) is 5.41 Å². The van der Waals surface area contributed by atoms with Gasteiger partial charge in [-0.3, -0.25) is 4.79 Å². The number of ketones is 1. The van der Waals surface area contributed by atoms with Crippen LogP contribution in [-0.4, -0.2) is 10.9 Å². The first-order chi connectivity index (χ1) is 12.8. The molecule has 2 nitrogen and oxygen atoms in total. The number of halogens is 1. The van der Waals surface area contributed by atoms with Crippen molar-refractivity contribution in [3.05, 3.63) is 64.4 Å². The molecule has 0 amide bonds. The topological polar surface area (TPSA) is 37.3 Å². The number of aryl methyl sites for hydroxylation is 1. The molecule has 0 heterocycles. The van der Waals surface area contributed by atoms with Crippen LogP contribution in [0.25, 0.3) is 16.7 Å². The number of aliphatic hydroxyl groups is 1. The van der Waals surface area contributed by atoms with E-state index in [1.54, 1.807) is 6.92 Å². The molecule has 0 bridgehead atoms. The molecule has 27 heavy (non-hydrogen) atoms. The number of Topliss-reactive ketones (excluding diaryl/α,β-unsaturated/α-hetero) is 1. The van der Waals surface area contributed by atoms with Gasteiger partial charge in [0.1, 0.15) is 5.76 Å². The Morgan fingerprint density at radius 3 is 2.15 bits per heavy atom. The van der Waals surface area contributed by atoms with Crippen LogP contribution in [0.4, 0.5) is 0 Å². The average Bonchev–Trinajstić information content (AvgIpc) is 2.64. The monoisotopic (exact) mass is 382 g/mol. The van der Waals surface area contributed by atoms with Crippen molar-refractivity contribution in [3.8, 4) is 11.1 Å². The number of allylic oxidation sites excluding steroid dienone is 2. The molecule has 0 aromatic heterocycles. The second-order valence-electron chi connectivity index (χ2n) is 7.94. The van der Waals surface area contributed by atoms with Gasteiger partial charge in [0, 0.05) is 10.4 Å². The highest BCUT2D eigenvalue weighted by atomic mass is 35.5. The summed E-state index contributed by atoms with van der Waals surface area (Å²) in [7, 11) is 0. The minimum absolute atomic E-state index is 0.0818. The molecule has 1 N–H and O–H groups in total. The SMILES string of the molecule is CC(=O)/C(=C(/O)C1(C)CCCCC1)c1ccc(-c2ccc(Cl)cc2)cc1C. The molecule has 0 saturated heterocycles. The van der Waals surface area contributed by atoms with Gasteiger partial charge in [-0.1, -0.05) is 68.1 Å². The van der Waals surface area contributed by atoms with Gasteiger partial charge in [0.05, 0.1) is 5.57 Å². The second-order valence-corrected chi connectivity index (χ2v) is 8.37. The molecule has 0 spiro atoms. The number of aliphatic hydroxyl groups excluding tert-OH is 1. The Hall–Kier alpha value is -2.06. The van der Waals surface area contributed by atoms with Gasteiger partial charge in [-0.05, 0) is 61.1 Å². The molecule has 0 radical (unpaired) electrons. The number of carbonyl (C=O) groups excluding carboxylic acids is 1. The Morgan fingerprint density at radius 2 is 1.59 bits per heavy atom. The summed E-state index contributed by atoms with van der Waals surface area (Å²) in [5, 5.41) is 11.8. The van der Waals surface area contributed by atoms with Crippen molar-refractivity contribution < 1.29 is 9.90 Å². The maximum atomic E-state index is 12.5. The summed E-state index contributed by atoms with van der Waals surface area (Å²) in [6.45, 7) is 5.63. The summed E-state index contributed by atoms with van der Waals surface area (Å²) >= 11 is 5.98. The van der Waals surface area contributed by atoms with Crippen LogP contribution in [0.2, 0.25) is 5.02 Å². The van der Waals surface area contributed by atoms with Crippen molar-refractivity contribution in [1.29, 1.82) is 0 Å². The predicted molar refractivity (Wildman–Crippen MR) is 113 cm³/mol. The maximum Gasteiger partial charge on any atom is 0.163 e. The summed E-state index contributed by atoms with van der Waals surface area (Å²) in [5.41, 5.74) is 4.12. The average molecular weight is 383 g/mol. The van der Waals surface area contributed by atoms with Gasteiger partial charge < -0.3 is 5.11 Å². The Labute approximate surface area is 166 Å². The fourth-order valence-corrected chi connectivity index (χ4v) is 4.25. The van der Waals surface area contributed by atoms with Crippen LogP contribution in [0.3, 0.4) is 0 Å². The molecule has 1 aliphatic carbocycles. The Kier molecular flexibility index (Phi) is 5.76. The molecule has 3 rings (SSSR count). The lowest BCUT2D eigenvalue weighted by Crippen LogP contribution is -2.25. The zero-order valence-electron chi connectivity index (χ0n) is 16.3. The third-order valence-corrected chi connectivity index (χ3v) is 6.04. The zero-order chi connectivity index (χ0) is 19.6. The van der Waals surface area contributed by atoms with E-state index < -0.39 is 0 Å². The summed E-state index contributed by atoms with van der Waals surface area (Å²) in [6.07, 6.45) is 5.25. The number of rotatable bonds is 4. The summed E-state index contributed by atoms with van der Waals surface area (Å²) in [6, 6.07) is 13.7. The molecule has 1 fully saturated rings. The largest absolute Gasteiger partial charge is 0.511 e. The first-order valence-electron chi connectivity index (χ1n) is 9.63. The molecule has 0 aliphatic heterocycles. The van der Waals surface area contributed by atoms with E-state index in [1.165, 1.54) is 6.42 Å². The van der Waals surface area contributed by atoms with Crippen LogP contribution in [0.1, 0.15) is 57.1 Å². The zero-order valence-corrected chi connectivity index (χ0v) is 17.1. The van der Waals surface area contributed by atoms with Gasteiger partial charge in [0.25, 0.3) is 0 Å². The Bertz CT molecular complexity index is 872. The molecular weight excluding hydrogens is 356 g/mol. The summed E-state index contributed by atoms with van der Waals surface area (Å²) < 4.78 is 0. The third kappa shape index (κ3) is 4.11. The molecule has 1 aliphatic rings. The first-order valence-corrected chi connectivity index (χ1v) is 10.0. The van der Waals surface area contributed by atoms with Crippen LogP contribution >= 0.6 is 11.6 Å². The highest BCUT2D eigenvalue weighted by Gasteiger charge is 2.34. The van der Waals surface area contributed by atoms with Crippen LogP contribution in [0.5, 0.6) is 0 Å². The van der Waals surface area contributed by atoms with Crippen LogP contribution in [0.15, 0.2) is 48.2 Å². The number of carbonyl (C=O) groups is 1. The van der Waals surface area contributed by atoms with E-state index in [0.29, 0.717) is 10.6 Å². The highest BCUT2D eigenvalue weighted by molar-refractivity contribution is 6.30. The third-order valence-electron chi connectivity index (χ3n) is 5.79. The van der Waals surface area contributed by atoms with E-state index >= 15 is 0 Å². The smallest absolute Gasteiger partial charge is 0.163 e. The molecule has 142 valence electrons. The van der Waals surface area contributed by atoms with E-state index in [0.717, 1.165) is 47.9 Å². The van der Waals surface area contributed by atoms with Crippen molar-refractivity contribution >= 4 is 23.0 Å². The standard InChI is InChI=1S/C24H27ClO2/c1-16-15-19(18-7-10-20(25)11-8-18)9-12-21(16)22(17(2)26)23(27)24(3)13-5-4-6-14-24/h7-12,15,27H,4-6,13-14H2,1-3H3/b23-22-. The first kappa shape index (κ1) is 19.7. The van der Waals surface area contributed by atoms with Gasteiger partial charge in [0.2, 0.25) is 0 Å². The van der Waals surface area contributed by atoms with Crippen molar-refractivity contribution in [2.75, 3.05) is 0 Å². The van der Waals surface area contributed by atoms with E-state index in [9.17, 15) is 9.90 Å². The lowest BCUT2D eigenvalue weighted by atomic mass is 9.72. The molecule has 1 saturated carbocycles. The van der Waals surface area contributed by atoms with E-state index in [4.69, 9.17) is 11.6 Å². The van der Waals surface area contributed by atoms with Gasteiger partial charge in [-0.15, -0.1) is 0 Å².